The quantitative estimate of drug-likeness (QED) is 0.771. The van der Waals surface area contributed by atoms with Gasteiger partial charge in [-0.1, -0.05) is 13.8 Å². The van der Waals surface area contributed by atoms with Crippen molar-refractivity contribution in [2.45, 2.75) is 34.1 Å². The average molecular weight is 292 g/mol. The van der Waals surface area contributed by atoms with Crippen molar-refractivity contribution in [3.63, 3.8) is 0 Å². The summed E-state index contributed by atoms with van der Waals surface area (Å²) < 4.78 is 0. The molecule has 3 N–H and O–H groups in total. The molecule has 0 aliphatic carbocycles. The van der Waals surface area contributed by atoms with E-state index in [0.717, 1.165) is 18.7 Å². The van der Waals surface area contributed by atoms with Crippen molar-refractivity contribution in [1.29, 1.82) is 0 Å². The minimum absolute atomic E-state index is 0.0233. The SMILES string of the molecule is CCN(CC)C(=O)c1cc(NCC(C)(C)CCN)ccn1. The second-order valence-electron chi connectivity index (χ2n) is 5.96. The van der Waals surface area contributed by atoms with Crippen LogP contribution in [0.2, 0.25) is 0 Å². The monoisotopic (exact) mass is 292 g/mol. The third-order valence-corrected chi connectivity index (χ3v) is 3.62. The Morgan fingerprint density at radius 3 is 2.62 bits per heavy atom. The second-order valence-corrected chi connectivity index (χ2v) is 5.96. The molecular weight excluding hydrogens is 264 g/mol. The molecule has 0 spiro atoms. The number of rotatable bonds is 8. The smallest absolute Gasteiger partial charge is 0.272 e. The van der Waals surface area contributed by atoms with E-state index in [0.29, 0.717) is 25.3 Å². The number of carbonyl (C=O) groups is 1. The second kappa shape index (κ2) is 7.98. The van der Waals surface area contributed by atoms with Gasteiger partial charge in [-0.05, 0) is 44.4 Å². The molecule has 0 saturated heterocycles. The van der Waals surface area contributed by atoms with E-state index < -0.39 is 0 Å². The molecule has 0 fully saturated rings. The molecule has 0 unspecified atom stereocenters. The lowest BCUT2D eigenvalue weighted by Gasteiger charge is -2.25. The van der Waals surface area contributed by atoms with Crippen molar-refractivity contribution in [2.75, 3.05) is 31.5 Å². The normalized spacial score (nSPS) is 11.3. The van der Waals surface area contributed by atoms with Gasteiger partial charge in [0.05, 0.1) is 0 Å². The molecule has 118 valence electrons. The number of hydrogen-bond acceptors (Lipinski definition) is 4. The zero-order valence-corrected chi connectivity index (χ0v) is 13.6. The lowest BCUT2D eigenvalue weighted by atomic mass is 9.89. The number of pyridine rings is 1. The molecule has 0 atom stereocenters. The first-order valence-corrected chi connectivity index (χ1v) is 7.62. The van der Waals surface area contributed by atoms with Crippen LogP contribution in [0, 0.1) is 5.41 Å². The van der Waals surface area contributed by atoms with E-state index in [-0.39, 0.29) is 11.3 Å². The number of aromatic nitrogens is 1. The topological polar surface area (TPSA) is 71.2 Å². The van der Waals surface area contributed by atoms with Crippen molar-refractivity contribution in [3.05, 3.63) is 24.0 Å². The van der Waals surface area contributed by atoms with E-state index in [2.05, 4.69) is 24.1 Å². The predicted molar refractivity (Wildman–Crippen MR) is 87.4 cm³/mol. The summed E-state index contributed by atoms with van der Waals surface area (Å²) in [6.45, 7) is 11.2. The van der Waals surface area contributed by atoms with Crippen molar-refractivity contribution < 1.29 is 4.79 Å². The Hall–Kier alpha value is -1.62. The van der Waals surface area contributed by atoms with Crippen LogP contribution in [0.1, 0.15) is 44.6 Å². The molecule has 1 heterocycles. The minimum Gasteiger partial charge on any atom is -0.384 e. The fourth-order valence-corrected chi connectivity index (χ4v) is 2.15. The molecule has 21 heavy (non-hydrogen) atoms. The Morgan fingerprint density at radius 1 is 1.38 bits per heavy atom. The summed E-state index contributed by atoms with van der Waals surface area (Å²) in [6, 6.07) is 3.71. The summed E-state index contributed by atoms with van der Waals surface area (Å²) in [4.78, 5) is 18.2. The molecule has 5 heteroatoms. The van der Waals surface area contributed by atoms with Crippen LogP contribution >= 0.6 is 0 Å². The highest BCUT2D eigenvalue weighted by Gasteiger charge is 2.17. The first-order chi connectivity index (χ1) is 9.93. The largest absolute Gasteiger partial charge is 0.384 e. The summed E-state index contributed by atoms with van der Waals surface area (Å²) in [5.41, 5.74) is 7.16. The van der Waals surface area contributed by atoms with Gasteiger partial charge < -0.3 is 16.0 Å². The highest BCUT2D eigenvalue weighted by molar-refractivity contribution is 5.93. The van der Waals surface area contributed by atoms with E-state index in [1.54, 1.807) is 11.1 Å². The summed E-state index contributed by atoms with van der Waals surface area (Å²) in [5.74, 6) is -0.0233. The van der Waals surface area contributed by atoms with Gasteiger partial charge in [0.25, 0.3) is 5.91 Å². The van der Waals surface area contributed by atoms with Gasteiger partial charge in [0.2, 0.25) is 0 Å². The third kappa shape index (κ3) is 5.34. The molecule has 1 amide bonds. The van der Waals surface area contributed by atoms with Gasteiger partial charge in [-0.2, -0.15) is 0 Å². The van der Waals surface area contributed by atoms with Crippen LogP contribution in [-0.4, -0.2) is 42.0 Å². The standard InChI is InChI=1S/C16H28N4O/c1-5-20(6-2)15(21)14-11-13(7-10-18-14)19-12-16(3,4)8-9-17/h7,10-11H,5-6,8-9,12,17H2,1-4H3,(H,18,19). The Labute approximate surface area is 127 Å². The highest BCUT2D eigenvalue weighted by Crippen LogP contribution is 2.20. The van der Waals surface area contributed by atoms with E-state index in [1.807, 2.05) is 26.0 Å². The molecule has 1 rings (SSSR count). The fraction of sp³-hybridized carbons (Fsp3) is 0.625. The number of hydrogen-bond donors (Lipinski definition) is 2. The molecule has 0 aliphatic rings. The van der Waals surface area contributed by atoms with E-state index >= 15 is 0 Å². The average Bonchev–Trinajstić information content (AvgIpc) is 2.47. The molecule has 0 aliphatic heterocycles. The molecule has 0 bridgehead atoms. The summed E-state index contributed by atoms with van der Waals surface area (Å²) in [5, 5.41) is 3.37. The maximum atomic E-state index is 12.3. The first-order valence-electron chi connectivity index (χ1n) is 7.62. The maximum Gasteiger partial charge on any atom is 0.272 e. The molecule has 1 aromatic rings. The van der Waals surface area contributed by atoms with Gasteiger partial charge in [0, 0.05) is 31.5 Å². The summed E-state index contributed by atoms with van der Waals surface area (Å²) in [6.07, 6.45) is 2.63. The lowest BCUT2D eigenvalue weighted by Crippen LogP contribution is -2.31. The van der Waals surface area contributed by atoms with Crippen LogP contribution in [-0.2, 0) is 0 Å². The number of amides is 1. The number of nitrogens with two attached hydrogens (primary N) is 1. The molecular formula is C16H28N4O. The number of anilines is 1. The maximum absolute atomic E-state index is 12.3. The molecule has 1 aromatic heterocycles. The minimum atomic E-state index is -0.0233. The van der Waals surface area contributed by atoms with Crippen molar-refractivity contribution in [2.24, 2.45) is 11.1 Å². The van der Waals surface area contributed by atoms with Gasteiger partial charge in [0.1, 0.15) is 5.69 Å². The van der Waals surface area contributed by atoms with Gasteiger partial charge in [-0.15, -0.1) is 0 Å². The first kappa shape index (κ1) is 17.4. The molecule has 0 saturated carbocycles. The molecule has 5 nitrogen and oxygen atoms in total. The van der Waals surface area contributed by atoms with Crippen LogP contribution in [0.3, 0.4) is 0 Å². The van der Waals surface area contributed by atoms with Gasteiger partial charge in [-0.25, -0.2) is 0 Å². The summed E-state index contributed by atoms with van der Waals surface area (Å²) >= 11 is 0. The van der Waals surface area contributed by atoms with E-state index in [9.17, 15) is 4.79 Å². The van der Waals surface area contributed by atoms with Gasteiger partial charge in [-0.3, -0.25) is 9.78 Å². The van der Waals surface area contributed by atoms with Crippen molar-refractivity contribution >= 4 is 11.6 Å². The van der Waals surface area contributed by atoms with Crippen molar-refractivity contribution in [3.8, 4) is 0 Å². The Morgan fingerprint density at radius 2 is 2.05 bits per heavy atom. The van der Waals surface area contributed by atoms with E-state index in [4.69, 9.17) is 5.73 Å². The van der Waals surface area contributed by atoms with Crippen LogP contribution < -0.4 is 11.1 Å². The van der Waals surface area contributed by atoms with Gasteiger partial charge in [0.15, 0.2) is 0 Å². The lowest BCUT2D eigenvalue weighted by molar-refractivity contribution is 0.0767. The van der Waals surface area contributed by atoms with Crippen molar-refractivity contribution in [1.82, 2.24) is 9.88 Å². The molecule has 0 radical (unpaired) electrons. The van der Waals surface area contributed by atoms with E-state index in [1.165, 1.54) is 0 Å². The summed E-state index contributed by atoms with van der Waals surface area (Å²) in [7, 11) is 0. The zero-order chi connectivity index (χ0) is 15.9. The van der Waals surface area contributed by atoms with Crippen LogP contribution in [0.15, 0.2) is 18.3 Å². The Bertz CT molecular complexity index is 455. The molecule has 0 aromatic carbocycles. The highest BCUT2D eigenvalue weighted by atomic mass is 16.2. The number of nitrogens with one attached hydrogen (secondary N) is 1. The Balaban J connectivity index is 2.75. The van der Waals surface area contributed by atoms with Crippen LogP contribution in [0.25, 0.3) is 0 Å². The zero-order valence-electron chi connectivity index (χ0n) is 13.6. The number of carbonyl (C=O) groups excluding carboxylic acids is 1. The Kier molecular flexibility index (Phi) is 6.62. The van der Waals surface area contributed by atoms with Gasteiger partial charge >= 0.3 is 0 Å². The third-order valence-electron chi connectivity index (χ3n) is 3.62. The fourth-order valence-electron chi connectivity index (χ4n) is 2.15. The van der Waals surface area contributed by atoms with Crippen LogP contribution in [0.5, 0.6) is 0 Å². The number of nitrogens with zero attached hydrogens (tertiary/aromatic N) is 2. The predicted octanol–water partition coefficient (Wildman–Crippen LogP) is 2.35. The van der Waals surface area contributed by atoms with Crippen LogP contribution in [0.4, 0.5) is 5.69 Å².